The molecule has 0 aromatic heterocycles. The third-order valence-corrected chi connectivity index (χ3v) is 9.94. The summed E-state index contributed by atoms with van der Waals surface area (Å²) in [6, 6.07) is 14.9. The average Bonchev–Trinajstić information content (AvgIpc) is 3.42. The van der Waals surface area contributed by atoms with E-state index in [1.54, 1.807) is 32.4 Å². The molecule has 0 saturated heterocycles. The maximum absolute atomic E-state index is 13.8. The van der Waals surface area contributed by atoms with E-state index in [1.165, 1.54) is 12.1 Å². The quantitative estimate of drug-likeness (QED) is 0.0625. The number of anilines is 1. The molecule has 3 aromatic rings. The Morgan fingerprint density at radius 3 is 1.96 bits per heavy atom. The van der Waals surface area contributed by atoms with Gasteiger partial charge in [0.2, 0.25) is 5.69 Å². The first-order valence-electron chi connectivity index (χ1n) is 15.9. The Hall–Kier alpha value is -5.65. The van der Waals surface area contributed by atoms with Crippen LogP contribution in [0.3, 0.4) is 0 Å². The molecule has 3 aromatic carbocycles. The zero-order valence-electron chi connectivity index (χ0n) is 28.4. The Labute approximate surface area is 283 Å². The van der Waals surface area contributed by atoms with Crippen molar-refractivity contribution >= 4 is 40.0 Å². The minimum absolute atomic E-state index is 0.0155. The summed E-state index contributed by atoms with van der Waals surface area (Å²) >= 11 is 0. The molecule has 1 saturated carbocycles. The van der Waals surface area contributed by atoms with E-state index in [1.807, 2.05) is 55.7 Å². The SMILES string of the molecule is CCN1C(=CC2C(=O)C(=CC3=[N+](Cc4cc([N+](=O)[O-])cc([N+](=O)[O-])c4)c4ccc(OC)cc4C3(C)C)C2=O)C(C)(C)c2cc(OC)ccc21. The lowest BCUT2D eigenvalue weighted by Gasteiger charge is -2.30. The van der Waals surface area contributed by atoms with Gasteiger partial charge >= 0.3 is 0 Å². The lowest BCUT2D eigenvalue weighted by molar-refractivity contribution is -0.455. The molecule has 1 fully saturated rings. The largest absolute Gasteiger partial charge is 0.497 e. The summed E-state index contributed by atoms with van der Waals surface area (Å²) in [6.07, 6.45) is 3.39. The van der Waals surface area contributed by atoms with Crippen molar-refractivity contribution in [3.63, 3.8) is 0 Å². The van der Waals surface area contributed by atoms with Gasteiger partial charge in [-0.1, -0.05) is 13.8 Å². The number of ketones is 2. The molecule has 0 N–H and O–H groups in total. The van der Waals surface area contributed by atoms with E-state index >= 15 is 0 Å². The minimum Gasteiger partial charge on any atom is -0.497 e. The predicted molar refractivity (Wildman–Crippen MR) is 183 cm³/mol. The van der Waals surface area contributed by atoms with Gasteiger partial charge in [-0.2, -0.15) is 4.58 Å². The monoisotopic (exact) mass is 665 g/mol. The van der Waals surface area contributed by atoms with Gasteiger partial charge in [0.25, 0.3) is 11.4 Å². The molecule has 6 rings (SSSR count). The zero-order chi connectivity index (χ0) is 35.6. The summed E-state index contributed by atoms with van der Waals surface area (Å²) in [5.74, 6) is -0.232. The number of hydrogen-bond acceptors (Lipinski definition) is 9. The minimum atomic E-state index is -0.953. The van der Waals surface area contributed by atoms with Crippen LogP contribution in [-0.2, 0) is 27.0 Å². The van der Waals surface area contributed by atoms with E-state index in [9.17, 15) is 29.8 Å². The van der Waals surface area contributed by atoms with Crippen LogP contribution in [-0.4, -0.2) is 52.5 Å². The summed E-state index contributed by atoms with van der Waals surface area (Å²) in [6.45, 7) is 10.7. The van der Waals surface area contributed by atoms with Gasteiger partial charge in [-0.15, -0.1) is 0 Å². The highest BCUT2D eigenvalue weighted by molar-refractivity contribution is 6.41. The number of rotatable bonds is 9. The van der Waals surface area contributed by atoms with Crippen molar-refractivity contribution in [3.8, 4) is 11.5 Å². The molecular weight excluding hydrogens is 628 g/mol. The van der Waals surface area contributed by atoms with Crippen molar-refractivity contribution in [2.24, 2.45) is 5.92 Å². The molecule has 2 heterocycles. The van der Waals surface area contributed by atoms with Gasteiger partial charge < -0.3 is 14.4 Å². The van der Waals surface area contributed by atoms with Crippen molar-refractivity contribution < 1.29 is 33.5 Å². The average molecular weight is 666 g/mol. The first-order valence-corrected chi connectivity index (χ1v) is 15.9. The number of methoxy groups -OCH3 is 2. The second-order valence-corrected chi connectivity index (χ2v) is 13.4. The summed E-state index contributed by atoms with van der Waals surface area (Å²) in [7, 11) is 3.17. The maximum atomic E-state index is 13.8. The van der Waals surface area contributed by atoms with Crippen molar-refractivity contribution in [1.29, 1.82) is 0 Å². The maximum Gasteiger partial charge on any atom is 0.276 e. The van der Waals surface area contributed by atoms with Gasteiger partial charge in [-0.3, -0.25) is 29.8 Å². The van der Waals surface area contributed by atoms with E-state index in [4.69, 9.17) is 9.47 Å². The standard InChI is InChI=1S/C37H37N4O8/c1-8-38-30-11-9-24(48-6)16-28(30)36(2,3)32(38)18-26-34(42)27(35(26)43)19-33-37(4,5)29-17-25(49-7)10-12-31(29)39(33)20-21-13-22(40(44)45)15-23(14-21)41(46)47/h9-19,26H,8,20H2,1-7H3/q+1. The van der Waals surface area contributed by atoms with Crippen molar-refractivity contribution in [3.05, 3.63) is 115 Å². The topological polar surface area (TPSA) is 145 Å². The number of carbonyl (C=O) groups is 2. The predicted octanol–water partition coefficient (Wildman–Crippen LogP) is 6.49. The van der Waals surface area contributed by atoms with Crippen LogP contribution in [0.2, 0.25) is 0 Å². The highest BCUT2D eigenvalue weighted by atomic mass is 16.6. The molecule has 252 valence electrons. The number of fused-ring (bicyclic) bond motifs is 2. The molecule has 0 spiro atoms. The fraction of sp³-hybridized carbons (Fsp3) is 0.324. The van der Waals surface area contributed by atoms with Gasteiger partial charge in [0.05, 0.1) is 41.1 Å². The van der Waals surface area contributed by atoms with E-state index in [2.05, 4.69) is 18.7 Å². The van der Waals surface area contributed by atoms with Crippen molar-refractivity contribution in [2.45, 2.75) is 52.0 Å². The van der Waals surface area contributed by atoms with Crippen LogP contribution in [0.15, 0.2) is 78.0 Å². The van der Waals surface area contributed by atoms with Gasteiger partial charge in [0.1, 0.15) is 17.4 Å². The van der Waals surface area contributed by atoms with Crippen LogP contribution < -0.4 is 14.4 Å². The number of allylic oxidation sites excluding steroid dienone is 4. The number of benzene rings is 3. The lowest BCUT2D eigenvalue weighted by Crippen LogP contribution is -2.42. The Kier molecular flexibility index (Phi) is 8.01. The molecule has 0 amide bonds. The summed E-state index contributed by atoms with van der Waals surface area (Å²) in [5.41, 5.74) is 3.42. The van der Waals surface area contributed by atoms with E-state index in [0.717, 1.165) is 40.0 Å². The molecule has 12 heteroatoms. The lowest BCUT2D eigenvalue weighted by atomic mass is 9.72. The fourth-order valence-corrected chi connectivity index (χ4v) is 7.26. The second-order valence-electron chi connectivity index (χ2n) is 13.4. The first kappa shape index (κ1) is 33.3. The van der Waals surface area contributed by atoms with E-state index < -0.39 is 38.0 Å². The first-order chi connectivity index (χ1) is 23.1. The molecule has 0 unspecified atom stereocenters. The molecule has 0 bridgehead atoms. The fourth-order valence-electron chi connectivity index (χ4n) is 7.26. The van der Waals surface area contributed by atoms with E-state index in [0.29, 0.717) is 23.6 Å². The van der Waals surface area contributed by atoms with Crippen LogP contribution >= 0.6 is 0 Å². The number of ether oxygens (including phenoxy) is 2. The number of nitro benzene ring substituents is 2. The normalized spacial score (nSPS) is 19.5. The number of hydrogen-bond donors (Lipinski definition) is 0. The second kappa shape index (κ2) is 11.8. The Bertz CT molecular complexity index is 2020. The van der Waals surface area contributed by atoms with Crippen LogP contribution in [0.25, 0.3) is 0 Å². The highest BCUT2D eigenvalue weighted by Gasteiger charge is 2.50. The molecule has 3 aliphatic rings. The van der Waals surface area contributed by atoms with Crippen LogP contribution in [0.4, 0.5) is 22.7 Å². The molecule has 12 nitrogen and oxygen atoms in total. The third-order valence-electron chi connectivity index (χ3n) is 9.94. The van der Waals surface area contributed by atoms with Gasteiger partial charge in [-0.05, 0) is 62.7 Å². The molecule has 49 heavy (non-hydrogen) atoms. The molecule has 1 aliphatic carbocycles. The Morgan fingerprint density at radius 2 is 1.41 bits per heavy atom. The smallest absolute Gasteiger partial charge is 0.276 e. The third kappa shape index (κ3) is 5.27. The number of non-ortho nitro benzene ring substituents is 2. The molecule has 0 radical (unpaired) electrons. The van der Waals surface area contributed by atoms with E-state index in [-0.39, 0.29) is 23.7 Å². The summed E-state index contributed by atoms with van der Waals surface area (Å²) < 4.78 is 12.8. The summed E-state index contributed by atoms with van der Waals surface area (Å²) in [4.78, 5) is 51.8. The van der Waals surface area contributed by atoms with Gasteiger partial charge in [0.15, 0.2) is 23.8 Å². The number of nitro groups is 2. The highest BCUT2D eigenvalue weighted by Crippen LogP contribution is 2.50. The summed E-state index contributed by atoms with van der Waals surface area (Å²) in [5, 5.41) is 23.3. The van der Waals surface area contributed by atoms with Gasteiger partial charge in [-0.25, -0.2) is 0 Å². The molecule has 0 atom stereocenters. The number of nitrogens with zero attached hydrogens (tertiary/aromatic N) is 4. The number of likely N-dealkylation sites (N-methyl/N-ethyl adjacent to an activating group) is 1. The van der Waals surface area contributed by atoms with Crippen molar-refractivity contribution in [1.82, 2.24) is 0 Å². The zero-order valence-corrected chi connectivity index (χ0v) is 28.4. The Balaban J connectivity index is 1.42. The number of carbonyl (C=O) groups excluding carboxylic acids is 2. The van der Waals surface area contributed by atoms with Crippen molar-refractivity contribution in [2.75, 3.05) is 25.7 Å². The molecular formula is C37H37N4O8+. The van der Waals surface area contributed by atoms with Crippen LogP contribution in [0, 0.1) is 26.1 Å². The van der Waals surface area contributed by atoms with Crippen LogP contribution in [0.1, 0.15) is 51.3 Å². The number of Topliss-reactive ketones (excluding diaryl/α,β-unsaturated/α-hetero) is 2. The van der Waals surface area contributed by atoms with Gasteiger partial charge in [0, 0.05) is 58.7 Å². The molecule has 2 aliphatic heterocycles. The Morgan fingerprint density at radius 1 is 0.837 bits per heavy atom. The van der Waals surface area contributed by atoms with Crippen LogP contribution in [0.5, 0.6) is 11.5 Å².